The van der Waals surface area contributed by atoms with E-state index in [-0.39, 0.29) is 19.0 Å². The summed E-state index contributed by atoms with van der Waals surface area (Å²) in [6.45, 7) is 2.62. The van der Waals surface area contributed by atoms with E-state index >= 15 is 0 Å². The van der Waals surface area contributed by atoms with E-state index < -0.39 is 18.0 Å². The van der Waals surface area contributed by atoms with Crippen molar-refractivity contribution in [1.29, 1.82) is 0 Å². The Hall–Kier alpha value is -1.92. The number of hydrogen-bond acceptors (Lipinski definition) is 3. The second kappa shape index (κ2) is 7.37. The summed E-state index contributed by atoms with van der Waals surface area (Å²) in [5.41, 5.74) is 0.0481. The molecule has 0 spiro atoms. The van der Waals surface area contributed by atoms with Gasteiger partial charge in [-0.1, -0.05) is 18.9 Å². The number of nitrogens with zero attached hydrogens (tertiary/aromatic N) is 1. The minimum atomic E-state index is -4.27. The van der Waals surface area contributed by atoms with Gasteiger partial charge in [-0.2, -0.15) is 13.2 Å². The molecule has 1 amide bonds. The molecule has 7 heteroatoms. The van der Waals surface area contributed by atoms with E-state index in [1.54, 1.807) is 13.0 Å². The van der Waals surface area contributed by atoms with Gasteiger partial charge in [-0.3, -0.25) is 4.79 Å². The third kappa shape index (κ3) is 3.76. The fourth-order valence-electron chi connectivity index (χ4n) is 3.91. The zero-order chi connectivity index (χ0) is 18.8. The number of rotatable bonds is 5. The number of amides is 1. The number of fused-ring (bicyclic) bond motifs is 1. The molecule has 1 aliphatic carbocycles. The van der Waals surface area contributed by atoms with Gasteiger partial charge in [-0.15, -0.1) is 0 Å². The molecule has 1 aromatic carbocycles. The average Bonchev–Trinajstić information content (AvgIpc) is 3.11. The minimum absolute atomic E-state index is 0.210. The van der Waals surface area contributed by atoms with Crippen LogP contribution in [0.25, 0.3) is 0 Å². The summed E-state index contributed by atoms with van der Waals surface area (Å²) in [5.74, 6) is 1.04. The lowest BCUT2D eigenvalue weighted by atomic mass is 9.77. The van der Waals surface area contributed by atoms with E-state index in [1.807, 2.05) is 12.1 Å². The van der Waals surface area contributed by atoms with Gasteiger partial charge in [-0.05, 0) is 37.5 Å². The zero-order valence-electron chi connectivity index (χ0n) is 14.9. The van der Waals surface area contributed by atoms with Crippen LogP contribution in [-0.4, -0.2) is 43.3 Å². The smallest absolute Gasteiger partial charge is 0.390 e. The average molecular weight is 371 g/mol. The third-order valence-corrected chi connectivity index (χ3v) is 5.30. The molecule has 3 rings (SSSR count). The molecule has 0 atom stereocenters. The van der Waals surface area contributed by atoms with Crippen molar-refractivity contribution < 1.29 is 27.4 Å². The van der Waals surface area contributed by atoms with Gasteiger partial charge in [0.2, 0.25) is 5.91 Å². The fourth-order valence-corrected chi connectivity index (χ4v) is 3.91. The monoisotopic (exact) mass is 371 g/mol. The van der Waals surface area contributed by atoms with E-state index in [0.29, 0.717) is 37.6 Å². The molecule has 1 saturated carbocycles. The Balaban J connectivity index is 1.88. The van der Waals surface area contributed by atoms with Crippen LogP contribution in [0, 0.1) is 0 Å². The highest BCUT2D eigenvalue weighted by atomic mass is 19.4. The molecule has 1 aromatic rings. The Labute approximate surface area is 151 Å². The Morgan fingerprint density at radius 1 is 1.15 bits per heavy atom. The van der Waals surface area contributed by atoms with Crippen LogP contribution in [0.2, 0.25) is 0 Å². The lowest BCUT2D eigenvalue weighted by Gasteiger charge is -2.35. The summed E-state index contributed by atoms with van der Waals surface area (Å²) in [7, 11) is 0. The molecule has 0 N–H and O–H groups in total. The molecule has 0 radical (unpaired) electrons. The molecule has 26 heavy (non-hydrogen) atoms. The summed E-state index contributed by atoms with van der Waals surface area (Å²) in [6, 6.07) is 5.48. The maximum Gasteiger partial charge on any atom is 0.390 e. The van der Waals surface area contributed by atoms with E-state index in [4.69, 9.17) is 9.47 Å². The Bertz CT molecular complexity index is 654. The first-order chi connectivity index (χ1) is 12.4. The second-order valence-corrected chi connectivity index (χ2v) is 6.90. The maximum atomic E-state index is 13.3. The van der Waals surface area contributed by atoms with Gasteiger partial charge in [-0.25, -0.2) is 0 Å². The largest absolute Gasteiger partial charge is 0.486 e. The summed E-state index contributed by atoms with van der Waals surface area (Å²) < 4.78 is 49.1. The first kappa shape index (κ1) is 18.9. The quantitative estimate of drug-likeness (QED) is 0.783. The molecule has 144 valence electrons. The molecule has 1 fully saturated rings. The predicted molar refractivity (Wildman–Crippen MR) is 90.5 cm³/mol. The first-order valence-corrected chi connectivity index (χ1v) is 9.12. The summed E-state index contributed by atoms with van der Waals surface area (Å²) in [5, 5.41) is 0. The number of carbonyl (C=O) groups is 1. The van der Waals surface area contributed by atoms with Crippen molar-refractivity contribution in [2.75, 3.05) is 26.3 Å². The van der Waals surface area contributed by atoms with Crippen LogP contribution in [0.1, 0.15) is 44.6 Å². The van der Waals surface area contributed by atoms with Crippen molar-refractivity contribution in [3.05, 3.63) is 23.8 Å². The van der Waals surface area contributed by atoms with Crippen LogP contribution in [-0.2, 0) is 10.2 Å². The highest BCUT2D eigenvalue weighted by Gasteiger charge is 2.45. The van der Waals surface area contributed by atoms with E-state index in [9.17, 15) is 18.0 Å². The van der Waals surface area contributed by atoms with Crippen molar-refractivity contribution in [2.24, 2.45) is 0 Å². The number of ether oxygens (including phenoxy) is 2. The molecular weight excluding hydrogens is 347 g/mol. The molecule has 0 aromatic heterocycles. The van der Waals surface area contributed by atoms with Gasteiger partial charge >= 0.3 is 6.18 Å². The van der Waals surface area contributed by atoms with Gasteiger partial charge in [0.05, 0.1) is 11.8 Å². The molecule has 0 bridgehead atoms. The fraction of sp³-hybridized carbons (Fsp3) is 0.632. The number of alkyl halides is 3. The van der Waals surface area contributed by atoms with Crippen LogP contribution >= 0.6 is 0 Å². The molecule has 2 aliphatic rings. The SMILES string of the molecule is CCN(CCC(F)(F)F)C(=O)C1(c2ccc3c(c2)OCCO3)CCCC1. The zero-order valence-corrected chi connectivity index (χ0v) is 14.9. The van der Waals surface area contributed by atoms with Crippen molar-refractivity contribution in [3.63, 3.8) is 0 Å². The molecule has 0 saturated heterocycles. The van der Waals surface area contributed by atoms with Crippen molar-refractivity contribution in [2.45, 2.75) is 50.6 Å². The third-order valence-electron chi connectivity index (χ3n) is 5.30. The van der Waals surface area contributed by atoms with Crippen molar-refractivity contribution >= 4 is 5.91 Å². The van der Waals surface area contributed by atoms with E-state index in [0.717, 1.165) is 18.4 Å². The van der Waals surface area contributed by atoms with Gasteiger partial charge in [0.25, 0.3) is 0 Å². The van der Waals surface area contributed by atoms with E-state index in [2.05, 4.69) is 0 Å². The Morgan fingerprint density at radius 2 is 1.81 bits per heavy atom. The van der Waals surface area contributed by atoms with Crippen LogP contribution in [0.5, 0.6) is 11.5 Å². The van der Waals surface area contributed by atoms with Gasteiger partial charge in [0.15, 0.2) is 11.5 Å². The predicted octanol–water partition coefficient (Wildman–Crippen LogP) is 4.07. The highest BCUT2D eigenvalue weighted by molar-refractivity contribution is 5.89. The topological polar surface area (TPSA) is 38.8 Å². The van der Waals surface area contributed by atoms with Crippen LogP contribution < -0.4 is 9.47 Å². The Morgan fingerprint density at radius 3 is 2.42 bits per heavy atom. The number of likely N-dealkylation sites (N-methyl/N-ethyl adjacent to an activating group) is 1. The van der Waals surface area contributed by atoms with Gasteiger partial charge in [0, 0.05) is 13.1 Å². The summed E-state index contributed by atoms with van der Waals surface area (Å²) >= 11 is 0. The second-order valence-electron chi connectivity index (χ2n) is 6.90. The summed E-state index contributed by atoms with van der Waals surface area (Å²) in [4.78, 5) is 14.6. The molecule has 1 aliphatic heterocycles. The minimum Gasteiger partial charge on any atom is -0.486 e. The van der Waals surface area contributed by atoms with Crippen molar-refractivity contribution in [1.82, 2.24) is 4.90 Å². The molecule has 1 heterocycles. The Kier molecular flexibility index (Phi) is 5.34. The lowest BCUT2D eigenvalue weighted by molar-refractivity contribution is -0.148. The van der Waals surface area contributed by atoms with Crippen molar-refractivity contribution in [3.8, 4) is 11.5 Å². The number of carbonyl (C=O) groups excluding carboxylic acids is 1. The number of halogens is 3. The van der Waals surface area contributed by atoms with Gasteiger partial charge < -0.3 is 14.4 Å². The molecule has 4 nitrogen and oxygen atoms in total. The summed E-state index contributed by atoms with van der Waals surface area (Å²) in [6.07, 6.45) is -2.19. The van der Waals surface area contributed by atoms with Crippen LogP contribution in [0.4, 0.5) is 13.2 Å². The van der Waals surface area contributed by atoms with Crippen LogP contribution in [0.15, 0.2) is 18.2 Å². The lowest BCUT2D eigenvalue weighted by Crippen LogP contribution is -2.46. The number of hydrogen-bond donors (Lipinski definition) is 0. The highest BCUT2D eigenvalue weighted by Crippen LogP contribution is 2.45. The first-order valence-electron chi connectivity index (χ1n) is 9.12. The maximum absolute atomic E-state index is 13.3. The molecular formula is C19H24F3NO3. The number of benzene rings is 1. The normalized spacial score (nSPS) is 18.6. The van der Waals surface area contributed by atoms with Crippen LogP contribution in [0.3, 0.4) is 0 Å². The molecule has 0 unspecified atom stereocenters. The standard InChI is InChI=1S/C19H24F3NO3/c1-2-23(10-9-19(20,21)22)17(24)18(7-3-4-8-18)14-5-6-15-16(13-14)26-12-11-25-15/h5-6,13H,2-4,7-12H2,1H3. The van der Waals surface area contributed by atoms with E-state index in [1.165, 1.54) is 4.90 Å². The van der Waals surface area contributed by atoms with Gasteiger partial charge in [0.1, 0.15) is 13.2 Å².